The number of aliphatic imine (C=N–C) groups is 2. The number of allylic oxidation sites excluding steroid dienone is 1. The highest BCUT2D eigenvalue weighted by Crippen LogP contribution is 2.22. The molecule has 1 aliphatic heterocycles. The van der Waals surface area contributed by atoms with E-state index in [-0.39, 0.29) is 6.02 Å². The summed E-state index contributed by atoms with van der Waals surface area (Å²) in [6, 6.07) is 8.24. The van der Waals surface area contributed by atoms with Crippen LogP contribution in [0.15, 0.2) is 45.0 Å². The quantitative estimate of drug-likeness (QED) is 0.765. The fraction of sp³-hybridized carbons (Fsp3) is 0.412. The van der Waals surface area contributed by atoms with E-state index >= 15 is 0 Å². The van der Waals surface area contributed by atoms with Crippen molar-refractivity contribution in [2.45, 2.75) is 33.1 Å². The topological polar surface area (TPSA) is 43.2 Å². The molecule has 0 amide bonds. The van der Waals surface area contributed by atoms with Gasteiger partial charge in [0.2, 0.25) is 0 Å². The lowest BCUT2D eigenvalue weighted by Crippen LogP contribution is -2.10. The maximum atomic E-state index is 6.11. The van der Waals surface area contributed by atoms with Crippen LogP contribution in [-0.2, 0) is 4.74 Å². The second kappa shape index (κ2) is 7.99. The van der Waals surface area contributed by atoms with Crippen molar-refractivity contribution in [3.05, 3.63) is 40.6 Å². The van der Waals surface area contributed by atoms with Gasteiger partial charge in [0.1, 0.15) is 10.9 Å². The Bertz CT molecular complexity index is 604. The predicted octanol–water partition coefficient (Wildman–Crippen LogP) is 4.53. The minimum absolute atomic E-state index is 0.283. The molecule has 4 nitrogen and oxygen atoms in total. The summed E-state index contributed by atoms with van der Waals surface area (Å²) in [7, 11) is 1.54. The van der Waals surface area contributed by atoms with E-state index in [1.165, 1.54) is 0 Å². The van der Waals surface area contributed by atoms with Crippen molar-refractivity contribution in [3.8, 4) is 5.75 Å². The Hall–Kier alpha value is -1.81. The second-order valence-corrected chi connectivity index (χ2v) is 5.46. The Labute approximate surface area is 136 Å². The molecule has 1 aliphatic rings. The highest BCUT2D eigenvalue weighted by atomic mass is 35.5. The summed E-state index contributed by atoms with van der Waals surface area (Å²) < 4.78 is 10.8. The zero-order valence-corrected chi connectivity index (χ0v) is 14.0. The Balaban J connectivity index is 2.24. The first-order chi connectivity index (χ1) is 10.6. The summed E-state index contributed by atoms with van der Waals surface area (Å²) >= 11 is 6.11. The maximum Gasteiger partial charge on any atom is 0.317 e. The molecular weight excluding hydrogens is 300 g/mol. The van der Waals surface area contributed by atoms with E-state index in [4.69, 9.17) is 21.1 Å². The smallest absolute Gasteiger partial charge is 0.317 e. The fourth-order valence-electron chi connectivity index (χ4n) is 2.05. The number of rotatable bonds is 4. The van der Waals surface area contributed by atoms with Gasteiger partial charge in [-0.2, -0.15) is 9.98 Å². The first-order valence-electron chi connectivity index (χ1n) is 7.42. The summed E-state index contributed by atoms with van der Waals surface area (Å²) in [4.78, 5) is 8.68. The van der Waals surface area contributed by atoms with Crippen molar-refractivity contribution in [1.82, 2.24) is 0 Å². The molecule has 0 fully saturated rings. The van der Waals surface area contributed by atoms with Crippen molar-refractivity contribution in [1.29, 1.82) is 0 Å². The van der Waals surface area contributed by atoms with Gasteiger partial charge >= 0.3 is 6.02 Å². The van der Waals surface area contributed by atoms with Crippen LogP contribution in [0.25, 0.3) is 0 Å². The molecule has 0 saturated heterocycles. The van der Waals surface area contributed by atoms with E-state index in [2.05, 4.69) is 16.9 Å². The SMILES string of the molecule is CCCOc1ccc(/C2=N/C(OC)=N\C(Cl)=C(/C)CC2)cc1. The first kappa shape index (κ1) is 16.6. The normalized spacial score (nSPS) is 23.6. The average molecular weight is 321 g/mol. The Morgan fingerprint density at radius 1 is 1.14 bits per heavy atom. The third-order valence-electron chi connectivity index (χ3n) is 3.36. The number of halogens is 1. The Morgan fingerprint density at radius 3 is 2.50 bits per heavy atom. The predicted molar refractivity (Wildman–Crippen MR) is 91.0 cm³/mol. The molecule has 0 atom stereocenters. The van der Waals surface area contributed by atoms with Crippen LogP contribution in [0.2, 0.25) is 0 Å². The molecule has 1 aromatic rings. The monoisotopic (exact) mass is 320 g/mol. The zero-order valence-electron chi connectivity index (χ0n) is 13.2. The summed E-state index contributed by atoms with van der Waals surface area (Å²) in [6.45, 7) is 4.79. The lowest BCUT2D eigenvalue weighted by Gasteiger charge is -2.12. The molecule has 0 saturated carbocycles. The molecule has 22 heavy (non-hydrogen) atoms. The lowest BCUT2D eigenvalue weighted by molar-refractivity contribution is 0.317. The van der Waals surface area contributed by atoms with Crippen molar-refractivity contribution in [3.63, 3.8) is 0 Å². The molecule has 0 radical (unpaired) electrons. The molecule has 0 aliphatic carbocycles. The van der Waals surface area contributed by atoms with Crippen molar-refractivity contribution in [2.24, 2.45) is 9.98 Å². The maximum absolute atomic E-state index is 6.11. The van der Waals surface area contributed by atoms with Crippen molar-refractivity contribution in [2.75, 3.05) is 13.7 Å². The van der Waals surface area contributed by atoms with Gasteiger partial charge in [-0.05, 0) is 61.6 Å². The summed E-state index contributed by atoms with van der Waals surface area (Å²) in [5.74, 6) is 0.872. The van der Waals surface area contributed by atoms with Crippen LogP contribution in [-0.4, -0.2) is 25.5 Å². The molecule has 118 valence electrons. The number of nitrogens with zero attached hydrogens (tertiary/aromatic N) is 2. The number of benzene rings is 1. The van der Waals surface area contributed by atoms with Gasteiger partial charge in [-0.15, -0.1) is 0 Å². The van der Waals surface area contributed by atoms with Gasteiger partial charge in [0, 0.05) is 0 Å². The highest BCUT2D eigenvalue weighted by Gasteiger charge is 2.12. The largest absolute Gasteiger partial charge is 0.494 e. The molecule has 0 spiro atoms. The molecule has 0 aromatic heterocycles. The van der Waals surface area contributed by atoms with E-state index in [0.717, 1.165) is 48.5 Å². The van der Waals surface area contributed by atoms with Crippen LogP contribution in [0.4, 0.5) is 0 Å². The summed E-state index contributed by atoms with van der Waals surface area (Å²) in [5.41, 5.74) is 3.01. The van der Waals surface area contributed by atoms with Crippen LogP contribution >= 0.6 is 11.6 Å². The molecule has 1 heterocycles. The number of ether oxygens (including phenoxy) is 2. The van der Waals surface area contributed by atoms with E-state index in [1.54, 1.807) is 7.11 Å². The van der Waals surface area contributed by atoms with Crippen LogP contribution in [0, 0.1) is 0 Å². The molecule has 0 N–H and O–H groups in total. The molecule has 0 bridgehead atoms. The first-order valence-corrected chi connectivity index (χ1v) is 7.80. The molecule has 1 aromatic carbocycles. The molecule has 5 heteroatoms. The fourth-order valence-corrected chi connectivity index (χ4v) is 2.22. The van der Waals surface area contributed by atoms with Crippen LogP contribution in [0.5, 0.6) is 5.75 Å². The van der Waals surface area contributed by atoms with Gasteiger partial charge in [-0.3, -0.25) is 0 Å². The highest BCUT2D eigenvalue weighted by molar-refractivity contribution is 6.30. The van der Waals surface area contributed by atoms with Crippen LogP contribution in [0.1, 0.15) is 38.7 Å². The number of amidine groups is 1. The second-order valence-electron chi connectivity index (χ2n) is 5.10. The van der Waals surface area contributed by atoms with Gasteiger partial charge in [-0.1, -0.05) is 18.5 Å². The standard InChI is InChI=1S/C17H21ClN2O2/c1-4-11-22-14-8-6-13(7-9-14)15-10-5-12(2)16(18)20-17(19-15)21-3/h6-9H,4-5,10-11H2,1-3H3/b16-12+,19-15+,20-17+. The van der Waals surface area contributed by atoms with Crippen molar-refractivity contribution >= 4 is 23.3 Å². The third kappa shape index (κ3) is 4.34. The van der Waals surface area contributed by atoms with Gasteiger partial charge in [0.25, 0.3) is 0 Å². The van der Waals surface area contributed by atoms with Crippen LogP contribution < -0.4 is 4.74 Å². The minimum Gasteiger partial charge on any atom is -0.494 e. The summed E-state index contributed by atoms with van der Waals surface area (Å²) in [5, 5.41) is 0.461. The molecule has 0 unspecified atom stereocenters. The summed E-state index contributed by atoms with van der Waals surface area (Å²) in [6.07, 6.45) is 2.61. The molecular formula is C17H21ClN2O2. The van der Waals surface area contributed by atoms with E-state index in [1.807, 2.05) is 31.2 Å². The van der Waals surface area contributed by atoms with E-state index in [9.17, 15) is 0 Å². The van der Waals surface area contributed by atoms with E-state index in [0.29, 0.717) is 5.16 Å². The number of hydrogen-bond acceptors (Lipinski definition) is 4. The zero-order chi connectivity index (χ0) is 15.9. The van der Waals surface area contributed by atoms with Gasteiger partial charge in [-0.25, -0.2) is 0 Å². The average Bonchev–Trinajstić information content (AvgIpc) is 2.54. The minimum atomic E-state index is 0.283. The van der Waals surface area contributed by atoms with E-state index < -0.39 is 0 Å². The van der Waals surface area contributed by atoms with Gasteiger partial charge in [0.15, 0.2) is 0 Å². The lowest BCUT2D eigenvalue weighted by atomic mass is 10.0. The van der Waals surface area contributed by atoms with Gasteiger partial charge < -0.3 is 9.47 Å². The van der Waals surface area contributed by atoms with Gasteiger partial charge in [0.05, 0.1) is 19.4 Å². The third-order valence-corrected chi connectivity index (χ3v) is 3.76. The Kier molecular flexibility index (Phi) is 6.01. The van der Waals surface area contributed by atoms with Crippen molar-refractivity contribution < 1.29 is 9.47 Å². The molecule has 2 rings (SSSR count). The Morgan fingerprint density at radius 2 is 1.86 bits per heavy atom. The number of hydrogen-bond donors (Lipinski definition) is 0. The van der Waals surface area contributed by atoms with Crippen LogP contribution in [0.3, 0.4) is 0 Å². The number of methoxy groups -OCH3 is 1.